The van der Waals surface area contributed by atoms with Gasteiger partial charge in [0.25, 0.3) is 0 Å². The Morgan fingerprint density at radius 3 is 2.55 bits per heavy atom. The van der Waals surface area contributed by atoms with Crippen LogP contribution in [0.15, 0.2) is 11.6 Å². The summed E-state index contributed by atoms with van der Waals surface area (Å²) in [6.07, 6.45) is 11.7. The minimum Gasteiger partial charge on any atom is -0.481 e. The fourth-order valence-corrected chi connectivity index (χ4v) is 8.43. The Hall–Kier alpha value is -1.16. The molecule has 0 aromatic rings. The second-order valence-corrected chi connectivity index (χ2v) is 12.0. The van der Waals surface area contributed by atoms with Crippen LogP contribution < -0.4 is 0 Å². The zero-order valence-corrected chi connectivity index (χ0v) is 19.9. The first-order valence-electron chi connectivity index (χ1n) is 12.7. The van der Waals surface area contributed by atoms with Gasteiger partial charge < -0.3 is 10.2 Å². The van der Waals surface area contributed by atoms with Gasteiger partial charge in [-0.1, -0.05) is 46.1 Å². The number of carbonyl (C=O) groups is 2. The number of fused-ring (bicyclic) bond motifs is 5. The highest BCUT2D eigenvalue weighted by Crippen LogP contribution is 2.66. The molecule has 0 aromatic carbocycles. The molecule has 0 saturated heterocycles. The number of hydrogen-bond donors (Lipinski definition) is 2. The van der Waals surface area contributed by atoms with Crippen molar-refractivity contribution in [1.82, 2.24) is 0 Å². The molecule has 4 rings (SSSR count). The predicted molar refractivity (Wildman–Crippen MR) is 121 cm³/mol. The summed E-state index contributed by atoms with van der Waals surface area (Å²) in [5, 5.41) is 19.3. The maximum Gasteiger partial charge on any atom is 0.306 e. The molecule has 9 atom stereocenters. The summed E-state index contributed by atoms with van der Waals surface area (Å²) in [6.45, 7) is 9.00. The molecule has 174 valence electrons. The Bertz CT molecular complexity index is 756. The summed E-state index contributed by atoms with van der Waals surface area (Å²) in [7, 11) is 0. The highest BCUT2D eigenvalue weighted by Gasteiger charge is 2.61. The monoisotopic (exact) mass is 430 g/mol. The molecule has 0 aliphatic heterocycles. The van der Waals surface area contributed by atoms with Crippen LogP contribution in [0.3, 0.4) is 0 Å². The molecule has 0 aromatic heterocycles. The quantitative estimate of drug-likeness (QED) is 0.572. The summed E-state index contributed by atoms with van der Waals surface area (Å²) in [5.74, 6) is 1.69. The van der Waals surface area contributed by atoms with Crippen molar-refractivity contribution in [1.29, 1.82) is 0 Å². The van der Waals surface area contributed by atoms with E-state index >= 15 is 0 Å². The van der Waals surface area contributed by atoms with Crippen molar-refractivity contribution in [3.05, 3.63) is 11.6 Å². The number of ketones is 1. The third-order valence-electron chi connectivity index (χ3n) is 10.4. The van der Waals surface area contributed by atoms with Crippen molar-refractivity contribution in [2.24, 2.45) is 46.3 Å². The van der Waals surface area contributed by atoms with Gasteiger partial charge in [-0.3, -0.25) is 9.59 Å². The third kappa shape index (κ3) is 3.81. The first kappa shape index (κ1) is 23.0. The van der Waals surface area contributed by atoms with Crippen LogP contribution in [0.4, 0.5) is 0 Å². The molecular weight excluding hydrogens is 388 g/mol. The first-order valence-corrected chi connectivity index (χ1v) is 12.7. The van der Waals surface area contributed by atoms with Crippen molar-refractivity contribution >= 4 is 11.8 Å². The minimum atomic E-state index is -0.689. The maximum absolute atomic E-state index is 13.4. The average molecular weight is 431 g/mol. The van der Waals surface area contributed by atoms with Crippen LogP contribution in [0.2, 0.25) is 0 Å². The fourth-order valence-electron chi connectivity index (χ4n) is 8.43. The number of rotatable bonds is 6. The SMILES string of the molecule is CC(CCC[C@@H](C)C(=O)O)C1CCC2C3C(=O)C=C4C[C@@H](O)CCC4(C)C3CCC12C. The molecule has 4 nitrogen and oxygen atoms in total. The van der Waals surface area contributed by atoms with E-state index in [1.807, 2.05) is 13.0 Å². The zero-order chi connectivity index (χ0) is 22.6. The highest BCUT2D eigenvalue weighted by atomic mass is 16.4. The molecule has 0 spiro atoms. The molecule has 2 N–H and O–H groups in total. The first-order chi connectivity index (χ1) is 14.6. The number of carboxylic acids is 1. The molecule has 4 aliphatic rings. The lowest BCUT2D eigenvalue weighted by atomic mass is 9.46. The van der Waals surface area contributed by atoms with E-state index in [-0.39, 0.29) is 28.8 Å². The summed E-state index contributed by atoms with van der Waals surface area (Å²) < 4.78 is 0. The van der Waals surface area contributed by atoms with Gasteiger partial charge in [0.2, 0.25) is 0 Å². The number of aliphatic hydroxyl groups excluding tert-OH is 1. The number of aliphatic hydroxyl groups is 1. The van der Waals surface area contributed by atoms with Gasteiger partial charge in [0.1, 0.15) is 0 Å². The van der Waals surface area contributed by atoms with Crippen molar-refractivity contribution in [3.8, 4) is 0 Å². The number of carbonyl (C=O) groups excluding carboxylic acids is 1. The van der Waals surface area contributed by atoms with Crippen LogP contribution in [-0.2, 0) is 9.59 Å². The number of aliphatic carboxylic acids is 1. The van der Waals surface area contributed by atoms with E-state index in [9.17, 15) is 14.7 Å². The topological polar surface area (TPSA) is 74.6 Å². The van der Waals surface area contributed by atoms with Crippen LogP contribution >= 0.6 is 0 Å². The van der Waals surface area contributed by atoms with Crippen molar-refractivity contribution in [2.75, 3.05) is 0 Å². The van der Waals surface area contributed by atoms with Crippen molar-refractivity contribution < 1.29 is 19.8 Å². The van der Waals surface area contributed by atoms with Gasteiger partial charge in [0.05, 0.1) is 12.0 Å². The van der Waals surface area contributed by atoms with Gasteiger partial charge in [-0.25, -0.2) is 0 Å². The zero-order valence-electron chi connectivity index (χ0n) is 19.9. The Kier molecular flexibility index (Phi) is 6.17. The molecule has 3 fully saturated rings. The minimum absolute atomic E-state index is 0.0931. The lowest BCUT2D eigenvalue weighted by Gasteiger charge is -2.57. The second kappa shape index (κ2) is 8.32. The molecule has 4 heteroatoms. The van der Waals surface area contributed by atoms with E-state index in [0.717, 1.165) is 44.9 Å². The van der Waals surface area contributed by atoms with E-state index in [0.29, 0.717) is 35.9 Å². The summed E-state index contributed by atoms with van der Waals surface area (Å²) in [6, 6.07) is 0. The molecule has 4 aliphatic carbocycles. The predicted octanol–water partition coefficient (Wildman–Crippen LogP) is 5.63. The molecule has 31 heavy (non-hydrogen) atoms. The molecule has 3 saturated carbocycles. The standard InChI is InChI=1S/C27H42O4/c1-16(6-5-7-17(2)25(30)31)20-8-9-21-24-22(11-13-27(20,21)4)26(3)12-10-19(28)14-18(26)15-23(24)29/h15-17,19-22,24,28H,5-14H2,1-4H3,(H,30,31)/t16?,17-,19+,20?,21?,22?,24?,26?,27?/m1/s1. The lowest BCUT2D eigenvalue weighted by molar-refractivity contribution is -0.141. The number of allylic oxidation sites excluding steroid dienone is 1. The van der Waals surface area contributed by atoms with Crippen LogP contribution in [0.5, 0.6) is 0 Å². The van der Waals surface area contributed by atoms with Crippen molar-refractivity contribution in [3.63, 3.8) is 0 Å². The summed E-state index contributed by atoms with van der Waals surface area (Å²) >= 11 is 0. The Balaban J connectivity index is 1.49. The fraction of sp³-hybridized carbons (Fsp3) is 0.852. The molecule has 0 radical (unpaired) electrons. The number of carboxylic acid groups (broad SMARTS) is 1. The van der Waals surface area contributed by atoms with Gasteiger partial charge in [0, 0.05) is 5.92 Å². The normalized spacial score (nSPS) is 44.0. The van der Waals surface area contributed by atoms with Gasteiger partial charge in [-0.15, -0.1) is 0 Å². The van der Waals surface area contributed by atoms with Crippen LogP contribution in [0.1, 0.15) is 91.9 Å². The lowest BCUT2D eigenvalue weighted by Crippen LogP contribution is -2.53. The van der Waals surface area contributed by atoms with Crippen LogP contribution in [0.25, 0.3) is 0 Å². The van der Waals surface area contributed by atoms with Crippen molar-refractivity contribution in [2.45, 2.75) is 98.0 Å². The second-order valence-electron chi connectivity index (χ2n) is 12.0. The van der Waals surface area contributed by atoms with E-state index in [4.69, 9.17) is 5.11 Å². The average Bonchev–Trinajstić information content (AvgIpc) is 3.06. The Morgan fingerprint density at radius 2 is 1.84 bits per heavy atom. The van der Waals surface area contributed by atoms with E-state index in [1.165, 1.54) is 18.4 Å². The molecular formula is C27H42O4. The van der Waals surface area contributed by atoms with Gasteiger partial charge >= 0.3 is 5.97 Å². The van der Waals surface area contributed by atoms with Gasteiger partial charge in [-0.05, 0) is 91.9 Å². The summed E-state index contributed by atoms with van der Waals surface area (Å²) in [4.78, 5) is 24.5. The maximum atomic E-state index is 13.4. The van der Waals surface area contributed by atoms with Crippen LogP contribution in [-0.4, -0.2) is 28.1 Å². The molecule has 0 heterocycles. The largest absolute Gasteiger partial charge is 0.481 e. The highest BCUT2D eigenvalue weighted by molar-refractivity contribution is 5.94. The number of hydrogen-bond acceptors (Lipinski definition) is 3. The molecule has 0 bridgehead atoms. The third-order valence-corrected chi connectivity index (χ3v) is 10.4. The van der Waals surface area contributed by atoms with Gasteiger partial charge in [-0.2, -0.15) is 0 Å². The van der Waals surface area contributed by atoms with E-state index in [2.05, 4.69) is 20.8 Å². The molecule has 7 unspecified atom stereocenters. The molecule has 0 amide bonds. The summed E-state index contributed by atoms with van der Waals surface area (Å²) in [5.41, 5.74) is 1.54. The van der Waals surface area contributed by atoms with E-state index < -0.39 is 5.97 Å². The van der Waals surface area contributed by atoms with E-state index in [1.54, 1.807) is 0 Å². The Labute approximate surface area is 187 Å². The Morgan fingerprint density at radius 1 is 1.10 bits per heavy atom. The van der Waals surface area contributed by atoms with Gasteiger partial charge in [0.15, 0.2) is 5.78 Å². The smallest absolute Gasteiger partial charge is 0.306 e. The van der Waals surface area contributed by atoms with Crippen LogP contribution in [0, 0.1) is 46.3 Å².